The lowest BCUT2D eigenvalue weighted by molar-refractivity contribution is 0.0924. The van der Waals surface area contributed by atoms with Crippen LogP contribution in [0.1, 0.15) is 10.4 Å². The molecule has 1 N–H and O–H groups in total. The molecule has 1 aromatic carbocycles. The lowest BCUT2D eigenvalue weighted by Crippen LogP contribution is -2.27. The number of carbonyl (C=O) groups excluding carboxylic acids is 1. The molecular formula is C11H14INO2. The van der Waals surface area contributed by atoms with E-state index >= 15 is 0 Å². The minimum atomic E-state index is -0.0475. The second-order valence-electron chi connectivity index (χ2n) is 2.92. The van der Waals surface area contributed by atoms with E-state index in [4.69, 9.17) is 4.74 Å². The minimum absolute atomic E-state index is 0.0475. The number of ether oxygens (including phenoxy) is 1. The molecule has 0 saturated heterocycles. The number of benzene rings is 1. The predicted octanol–water partition coefficient (Wildman–Crippen LogP) is 1.87. The van der Waals surface area contributed by atoms with Gasteiger partial charge in [-0.3, -0.25) is 4.79 Å². The van der Waals surface area contributed by atoms with Gasteiger partial charge in [0.25, 0.3) is 5.91 Å². The smallest absolute Gasteiger partial charge is 0.251 e. The Labute approximate surface area is 103 Å². The van der Waals surface area contributed by atoms with Crippen LogP contribution in [0.3, 0.4) is 0 Å². The molecule has 0 unspecified atom stereocenters. The number of halogens is 1. The summed E-state index contributed by atoms with van der Waals surface area (Å²) in [6, 6.07) is 9.17. The van der Waals surface area contributed by atoms with Gasteiger partial charge < -0.3 is 10.1 Å². The zero-order chi connectivity index (χ0) is 10.9. The number of alkyl halides is 1. The molecule has 1 rings (SSSR count). The molecule has 15 heavy (non-hydrogen) atoms. The monoisotopic (exact) mass is 319 g/mol. The second kappa shape index (κ2) is 7.64. The maximum atomic E-state index is 11.5. The summed E-state index contributed by atoms with van der Waals surface area (Å²) in [6.45, 7) is 1.87. The van der Waals surface area contributed by atoms with E-state index in [1.54, 1.807) is 12.1 Å². The zero-order valence-electron chi connectivity index (χ0n) is 8.41. The van der Waals surface area contributed by atoms with Crippen molar-refractivity contribution in [2.75, 3.05) is 24.2 Å². The Balaban J connectivity index is 2.20. The van der Waals surface area contributed by atoms with E-state index in [1.165, 1.54) is 0 Å². The van der Waals surface area contributed by atoms with Crippen LogP contribution in [0.25, 0.3) is 0 Å². The molecule has 0 atom stereocenters. The fraction of sp³-hybridized carbons (Fsp3) is 0.364. The third-order valence-electron chi connectivity index (χ3n) is 1.79. The first-order valence-electron chi connectivity index (χ1n) is 4.81. The number of amides is 1. The largest absolute Gasteiger partial charge is 0.379 e. The van der Waals surface area contributed by atoms with Gasteiger partial charge in [0.2, 0.25) is 0 Å². The van der Waals surface area contributed by atoms with Crippen molar-refractivity contribution in [1.29, 1.82) is 0 Å². The first-order valence-corrected chi connectivity index (χ1v) is 6.34. The molecule has 82 valence electrons. The van der Waals surface area contributed by atoms with Crippen LogP contribution in [0, 0.1) is 0 Å². The molecule has 0 bridgehead atoms. The van der Waals surface area contributed by atoms with Crippen molar-refractivity contribution in [2.24, 2.45) is 0 Å². The van der Waals surface area contributed by atoms with Gasteiger partial charge in [0.05, 0.1) is 13.2 Å². The molecule has 4 heteroatoms. The van der Waals surface area contributed by atoms with Crippen molar-refractivity contribution >= 4 is 28.5 Å². The molecule has 0 aliphatic rings. The van der Waals surface area contributed by atoms with Crippen LogP contribution < -0.4 is 5.32 Å². The van der Waals surface area contributed by atoms with Crippen molar-refractivity contribution in [3.63, 3.8) is 0 Å². The lowest BCUT2D eigenvalue weighted by Gasteiger charge is -2.05. The van der Waals surface area contributed by atoms with Crippen molar-refractivity contribution in [2.45, 2.75) is 0 Å². The first-order chi connectivity index (χ1) is 7.34. The van der Waals surface area contributed by atoms with Crippen LogP contribution in [0.5, 0.6) is 0 Å². The van der Waals surface area contributed by atoms with Gasteiger partial charge in [-0.1, -0.05) is 40.8 Å². The zero-order valence-corrected chi connectivity index (χ0v) is 10.6. The maximum absolute atomic E-state index is 11.5. The Bertz CT molecular complexity index is 290. The summed E-state index contributed by atoms with van der Waals surface area (Å²) < 4.78 is 6.22. The van der Waals surface area contributed by atoms with E-state index in [0.29, 0.717) is 18.7 Å². The molecule has 1 amide bonds. The third-order valence-corrected chi connectivity index (χ3v) is 2.23. The molecule has 0 aliphatic heterocycles. The molecule has 3 nitrogen and oxygen atoms in total. The van der Waals surface area contributed by atoms with E-state index in [1.807, 2.05) is 18.2 Å². The molecular weight excluding hydrogens is 305 g/mol. The van der Waals surface area contributed by atoms with Crippen LogP contribution >= 0.6 is 22.6 Å². The minimum Gasteiger partial charge on any atom is -0.379 e. The van der Waals surface area contributed by atoms with Crippen LogP contribution in [0.4, 0.5) is 0 Å². The average Bonchev–Trinajstić information content (AvgIpc) is 2.30. The highest BCUT2D eigenvalue weighted by Crippen LogP contribution is 1.97. The number of nitrogens with one attached hydrogen (secondary N) is 1. The highest BCUT2D eigenvalue weighted by Gasteiger charge is 2.02. The quantitative estimate of drug-likeness (QED) is 0.494. The summed E-state index contributed by atoms with van der Waals surface area (Å²) in [6.07, 6.45) is 0. The van der Waals surface area contributed by atoms with Gasteiger partial charge in [0.15, 0.2) is 0 Å². The number of hydrogen-bond donors (Lipinski definition) is 1. The van der Waals surface area contributed by atoms with Crippen LogP contribution in [0.15, 0.2) is 30.3 Å². The fourth-order valence-electron chi connectivity index (χ4n) is 1.08. The lowest BCUT2D eigenvalue weighted by atomic mass is 10.2. The SMILES string of the molecule is O=C(NCCOCCI)c1ccccc1. The molecule has 0 heterocycles. The Kier molecular flexibility index (Phi) is 6.34. The van der Waals surface area contributed by atoms with Crippen LogP contribution in [-0.2, 0) is 4.74 Å². The molecule has 0 radical (unpaired) electrons. The van der Waals surface area contributed by atoms with E-state index in [0.717, 1.165) is 11.0 Å². The highest BCUT2D eigenvalue weighted by molar-refractivity contribution is 14.1. The van der Waals surface area contributed by atoms with Crippen molar-refractivity contribution in [3.8, 4) is 0 Å². The summed E-state index contributed by atoms with van der Waals surface area (Å²) in [7, 11) is 0. The predicted molar refractivity (Wildman–Crippen MR) is 68.5 cm³/mol. The Morgan fingerprint density at radius 1 is 1.27 bits per heavy atom. The number of rotatable bonds is 6. The topological polar surface area (TPSA) is 38.3 Å². The normalized spacial score (nSPS) is 9.93. The van der Waals surface area contributed by atoms with E-state index in [9.17, 15) is 4.79 Å². The second-order valence-corrected chi connectivity index (χ2v) is 4.00. The third kappa shape index (κ3) is 5.13. The molecule has 1 aromatic rings. The van der Waals surface area contributed by atoms with Gasteiger partial charge in [-0.15, -0.1) is 0 Å². The van der Waals surface area contributed by atoms with Gasteiger partial charge in [-0.25, -0.2) is 0 Å². The van der Waals surface area contributed by atoms with Gasteiger partial charge in [-0.2, -0.15) is 0 Å². The Morgan fingerprint density at radius 2 is 2.00 bits per heavy atom. The van der Waals surface area contributed by atoms with Crippen molar-refractivity contribution in [1.82, 2.24) is 5.32 Å². The number of carbonyl (C=O) groups is 1. The average molecular weight is 319 g/mol. The first kappa shape index (κ1) is 12.4. The van der Waals surface area contributed by atoms with E-state index in [2.05, 4.69) is 27.9 Å². The highest BCUT2D eigenvalue weighted by atomic mass is 127. The molecule has 0 aromatic heterocycles. The molecule has 0 saturated carbocycles. The van der Waals surface area contributed by atoms with Crippen molar-refractivity contribution in [3.05, 3.63) is 35.9 Å². The van der Waals surface area contributed by atoms with Crippen LogP contribution in [-0.4, -0.2) is 30.1 Å². The van der Waals surface area contributed by atoms with Gasteiger partial charge in [0.1, 0.15) is 0 Å². The summed E-state index contributed by atoms with van der Waals surface area (Å²) >= 11 is 2.25. The Hall–Kier alpha value is -0.620. The summed E-state index contributed by atoms with van der Waals surface area (Å²) in [5, 5.41) is 2.79. The standard InChI is InChI=1S/C11H14INO2/c12-6-8-15-9-7-13-11(14)10-4-2-1-3-5-10/h1-5H,6-9H2,(H,13,14). The number of hydrogen-bond acceptors (Lipinski definition) is 2. The van der Waals surface area contributed by atoms with E-state index < -0.39 is 0 Å². The van der Waals surface area contributed by atoms with Gasteiger partial charge in [-0.05, 0) is 12.1 Å². The van der Waals surface area contributed by atoms with Crippen LogP contribution in [0.2, 0.25) is 0 Å². The summed E-state index contributed by atoms with van der Waals surface area (Å²) in [4.78, 5) is 11.5. The maximum Gasteiger partial charge on any atom is 0.251 e. The van der Waals surface area contributed by atoms with E-state index in [-0.39, 0.29) is 5.91 Å². The fourth-order valence-corrected chi connectivity index (χ4v) is 1.40. The molecule has 0 aliphatic carbocycles. The van der Waals surface area contributed by atoms with Crippen molar-refractivity contribution < 1.29 is 9.53 Å². The molecule has 0 spiro atoms. The molecule has 0 fully saturated rings. The van der Waals surface area contributed by atoms with Gasteiger partial charge >= 0.3 is 0 Å². The summed E-state index contributed by atoms with van der Waals surface area (Å²) in [5.41, 5.74) is 0.686. The van der Waals surface area contributed by atoms with Gasteiger partial charge in [0, 0.05) is 16.5 Å². The Morgan fingerprint density at radius 3 is 2.67 bits per heavy atom. The summed E-state index contributed by atoms with van der Waals surface area (Å²) in [5.74, 6) is -0.0475.